The Morgan fingerprint density at radius 2 is 2.08 bits per heavy atom. The van der Waals surface area contributed by atoms with Crippen LogP contribution in [0.4, 0.5) is 4.39 Å². The summed E-state index contributed by atoms with van der Waals surface area (Å²) in [6.07, 6.45) is 2.05. The molecule has 0 amide bonds. The molecule has 1 aromatic carbocycles. The minimum atomic E-state index is -0.337. The predicted octanol–water partition coefficient (Wildman–Crippen LogP) is 2.76. The second-order valence-electron chi connectivity index (χ2n) is 2.17. The SMILES string of the molecule is O=C/C(Br)=C/c1ccccc1F. The van der Waals surface area contributed by atoms with Gasteiger partial charge in [0.15, 0.2) is 6.29 Å². The van der Waals surface area contributed by atoms with E-state index in [0.717, 1.165) is 0 Å². The number of allylic oxidation sites excluding steroid dienone is 1. The van der Waals surface area contributed by atoms with Crippen LogP contribution in [0.5, 0.6) is 0 Å². The van der Waals surface area contributed by atoms with E-state index in [4.69, 9.17) is 0 Å². The number of carbonyl (C=O) groups is 1. The van der Waals surface area contributed by atoms with Crippen molar-refractivity contribution in [2.45, 2.75) is 0 Å². The van der Waals surface area contributed by atoms with E-state index in [-0.39, 0.29) is 5.82 Å². The van der Waals surface area contributed by atoms with Crippen LogP contribution in [0.2, 0.25) is 0 Å². The summed E-state index contributed by atoms with van der Waals surface area (Å²) in [5.74, 6) is -0.337. The first-order valence-electron chi connectivity index (χ1n) is 3.31. The molecule has 1 rings (SSSR count). The normalized spacial score (nSPS) is 11.3. The maximum absolute atomic E-state index is 12.9. The summed E-state index contributed by atoms with van der Waals surface area (Å²) in [7, 11) is 0. The van der Waals surface area contributed by atoms with Crippen LogP contribution in [0.3, 0.4) is 0 Å². The molecule has 0 radical (unpaired) electrons. The van der Waals surface area contributed by atoms with Crippen molar-refractivity contribution in [2.75, 3.05) is 0 Å². The van der Waals surface area contributed by atoms with E-state index in [0.29, 0.717) is 16.3 Å². The summed E-state index contributed by atoms with van der Waals surface area (Å²) in [4.78, 5) is 10.2. The Morgan fingerprint density at radius 3 is 2.67 bits per heavy atom. The molecule has 0 saturated heterocycles. The molecule has 62 valence electrons. The molecule has 0 fully saturated rings. The highest BCUT2D eigenvalue weighted by Crippen LogP contribution is 2.13. The molecule has 0 aromatic heterocycles. The van der Waals surface area contributed by atoms with Crippen molar-refractivity contribution in [3.63, 3.8) is 0 Å². The Hall–Kier alpha value is -0.960. The summed E-state index contributed by atoms with van der Waals surface area (Å²) in [6, 6.07) is 6.25. The van der Waals surface area contributed by atoms with Gasteiger partial charge in [0.05, 0.1) is 4.48 Å². The number of hydrogen-bond acceptors (Lipinski definition) is 1. The molecule has 0 bridgehead atoms. The van der Waals surface area contributed by atoms with Gasteiger partial charge in [-0.25, -0.2) is 4.39 Å². The first-order valence-corrected chi connectivity index (χ1v) is 4.10. The maximum atomic E-state index is 12.9. The highest BCUT2D eigenvalue weighted by molar-refractivity contribution is 9.12. The van der Waals surface area contributed by atoms with Crippen LogP contribution >= 0.6 is 15.9 Å². The zero-order valence-electron chi connectivity index (χ0n) is 6.13. The van der Waals surface area contributed by atoms with Crippen molar-refractivity contribution in [1.29, 1.82) is 0 Å². The smallest absolute Gasteiger partial charge is 0.157 e. The van der Waals surface area contributed by atoms with Crippen LogP contribution in [-0.4, -0.2) is 6.29 Å². The van der Waals surface area contributed by atoms with Gasteiger partial charge in [-0.15, -0.1) is 0 Å². The van der Waals surface area contributed by atoms with E-state index in [1.54, 1.807) is 18.2 Å². The van der Waals surface area contributed by atoms with Crippen LogP contribution in [0.15, 0.2) is 28.7 Å². The van der Waals surface area contributed by atoms with Crippen molar-refractivity contribution in [1.82, 2.24) is 0 Å². The Bertz CT molecular complexity index is 320. The summed E-state index contributed by atoms with van der Waals surface area (Å²) in [6.45, 7) is 0. The fourth-order valence-corrected chi connectivity index (χ4v) is 1.02. The molecular weight excluding hydrogens is 223 g/mol. The monoisotopic (exact) mass is 228 g/mol. The summed E-state index contributed by atoms with van der Waals surface area (Å²) >= 11 is 2.97. The second kappa shape index (κ2) is 4.16. The molecule has 3 heteroatoms. The van der Waals surface area contributed by atoms with E-state index in [9.17, 15) is 9.18 Å². The van der Waals surface area contributed by atoms with Crippen LogP contribution in [0, 0.1) is 5.82 Å². The third-order valence-electron chi connectivity index (χ3n) is 1.31. The Balaban J connectivity index is 3.04. The highest BCUT2D eigenvalue weighted by atomic mass is 79.9. The molecule has 0 atom stereocenters. The Kier molecular flexibility index (Phi) is 3.17. The molecule has 0 heterocycles. The predicted molar refractivity (Wildman–Crippen MR) is 49.4 cm³/mol. The summed E-state index contributed by atoms with van der Waals surface area (Å²) < 4.78 is 13.2. The molecule has 0 aliphatic carbocycles. The molecule has 0 aliphatic rings. The zero-order chi connectivity index (χ0) is 8.97. The average molecular weight is 229 g/mol. The first kappa shape index (κ1) is 9.13. The van der Waals surface area contributed by atoms with Crippen LogP contribution < -0.4 is 0 Å². The Morgan fingerprint density at radius 1 is 1.42 bits per heavy atom. The van der Waals surface area contributed by atoms with Crippen molar-refractivity contribution in [2.24, 2.45) is 0 Å². The van der Waals surface area contributed by atoms with Gasteiger partial charge in [-0.2, -0.15) is 0 Å². The summed E-state index contributed by atoms with van der Waals surface area (Å²) in [5, 5.41) is 0. The van der Waals surface area contributed by atoms with Crippen molar-refractivity contribution in [3.8, 4) is 0 Å². The first-order chi connectivity index (χ1) is 5.74. The lowest BCUT2D eigenvalue weighted by atomic mass is 10.2. The van der Waals surface area contributed by atoms with Gasteiger partial charge in [0.1, 0.15) is 5.82 Å². The van der Waals surface area contributed by atoms with Gasteiger partial charge in [-0.3, -0.25) is 4.79 Å². The third kappa shape index (κ3) is 2.27. The molecule has 1 nitrogen and oxygen atoms in total. The fourth-order valence-electron chi connectivity index (χ4n) is 0.775. The molecule has 0 spiro atoms. The maximum Gasteiger partial charge on any atom is 0.157 e. The molecule has 12 heavy (non-hydrogen) atoms. The van der Waals surface area contributed by atoms with Crippen molar-refractivity contribution < 1.29 is 9.18 Å². The van der Waals surface area contributed by atoms with Gasteiger partial charge in [0, 0.05) is 5.56 Å². The van der Waals surface area contributed by atoms with E-state index in [1.807, 2.05) is 0 Å². The Labute approximate surface area is 78.0 Å². The topological polar surface area (TPSA) is 17.1 Å². The van der Waals surface area contributed by atoms with E-state index >= 15 is 0 Å². The zero-order valence-corrected chi connectivity index (χ0v) is 7.71. The largest absolute Gasteiger partial charge is 0.297 e. The van der Waals surface area contributed by atoms with Gasteiger partial charge in [-0.05, 0) is 28.1 Å². The minimum Gasteiger partial charge on any atom is -0.297 e. The van der Waals surface area contributed by atoms with E-state index in [1.165, 1.54) is 12.1 Å². The second-order valence-corrected chi connectivity index (χ2v) is 3.08. The van der Waals surface area contributed by atoms with Crippen LogP contribution in [0.1, 0.15) is 5.56 Å². The molecule has 0 N–H and O–H groups in total. The number of hydrogen-bond donors (Lipinski definition) is 0. The van der Waals surface area contributed by atoms with Crippen molar-refractivity contribution >= 4 is 28.3 Å². The minimum absolute atomic E-state index is 0.326. The highest BCUT2D eigenvalue weighted by Gasteiger charge is 1.96. The number of benzene rings is 1. The van der Waals surface area contributed by atoms with Gasteiger partial charge in [0.25, 0.3) is 0 Å². The van der Waals surface area contributed by atoms with Crippen LogP contribution in [0.25, 0.3) is 6.08 Å². The third-order valence-corrected chi connectivity index (χ3v) is 1.73. The molecular formula is C9H6BrFO. The number of rotatable bonds is 2. The standard InChI is InChI=1S/C9H6BrFO/c10-8(6-12)5-7-3-1-2-4-9(7)11/h1-6H/b8-5-. The molecule has 0 aliphatic heterocycles. The quantitative estimate of drug-likeness (QED) is 0.562. The number of aldehydes is 1. The van der Waals surface area contributed by atoms with E-state index < -0.39 is 0 Å². The summed E-state index contributed by atoms with van der Waals surface area (Å²) in [5.41, 5.74) is 0.400. The van der Waals surface area contributed by atoms with Crippen LogP contribution in [-0.2, 0) is 4.79 Å². The molecule has 1 aromatic rings. The lowest BCUT2D eigenvalue weighted by Gasteiger charge is -1.94. The number of halogens is 2. The lowest BCUT2D eigenvalue weighted by molar-refractivity contribution is -0.104. The lowest BCUT2D eigenvalue weighted by Crippen LogP contribution is -1.81. The van der Waals surface area contributed by atoms with Gasteiger partial charge < -0.3 is 0 Å². The van der Waals surface area contributed by atoms with Gasteiger partial charge >= 0.3 is 0 Å². The average Bonchev–Trinajstić information content (AvgIpc) is 2.09. The fraction of sp³-hybridized carbons (Fsp3) is 0. The van der Waals surface area contributed by atoms with Gasteiger partial charge in [0.2, 0.25) is 0 Å². The number of carbonyl (C=O) groups excluding carboxylic acids is 1. The van der Waals surface area contributed by atoms with Gasteiger partial charge in [-0.1, -0.05) is 18.2 Å². The van der Waals surface area contributed by atoms with E-state index in [2.05, 4.69) is 15.9 Å². The molecule has 0 unspecified atom stereocenters. The van der Waals surface area contributed by atoms with Crippen molar-refractivity contribution in [3.05, 3.63) is 40.1 Å². The molecule has 0 saturated carbocycles.